The number of hydrogen-bond acceptors (Lipinski definition) is 5. The zero-order valence-corrected chi connectivity index (χ0v) is 16.9. The van der Waals surface area contributed by atoms with Crippen LogP contribution < -0.4 is 18.9 Å². The second-order valence-electron chi connectivity index (χ2n) is 7.64. The summed E-state index contributed by atoms with van der Waals surface area (Å²) in [7, 11) is 0. The van der Waals surface area contributed by atoms with Gasteiger partial charge in [-0.2, -0.15) is 0 Å². The van der Waals surface area contributed by atoms with Crippen molar-refractivity contribution in [1.29, 1.82) is 0 Å². The first-order valence-electron chi connectivity index (χ1n) is 10.1. The Hall–Kier alpha value is -2.89. The van der Waals surface area contributed by atoms with E-state index in [1.165, 1.54) is 0 Å². The van der Waals surface area contributed by atoms with E-state index in [2.05, 4.69) is 0 Å². The molecule has 6 heteroatoms. The number of likely N-dealkylation sites (tertiary alicyclic amines) is 1. The fourth-order valence-corrected chi connectivity index (χ4v) is 3.79. The minimum atomic E-state index is -0.564. The number of carbonyl (C=O) groups excluding carboxylic acids is 1. The molecular weight excluding hydrogens is 370 g/mol. The Labute approximate surface area is 171 Å². The molecule has 0 N–H and O–H groups in total. The summed E-state index contributed by atoms with van der Waals surface area (Å²) in [6, 6.07) is 13.4. The molecule has 2 aromatic rings. The van der Waals surface area contributed by atoms with Crippen LogP contribution in [0.1, 0.15) is 25.3 Å². The number of amides is 1. The highest BCUT2D eigenvalue weighted by Gasteiger charge is 2.28. The predicted molar refractivity (Wildman–Crippen MR) is 109 cm³/mol. The van der Waals surface area contributed by atoms with Gasteiger partial charge in [0.1, 0.15) is 11.5 Å². The van der Waals surface area contributed by atoms with Gasteiger partial charge in [0.2, 0.25) is 6.79 Å². The van der Waals surface area contributed by atoms with E-state index in [0.717, 1.165) is 30.7 Å². The minimum Gasteiger partial charge on any atom is -0.493 e. The fourth-order valence-electron chi connectivity index (χ4n) is 3.79. The average molecular weight is 397 g/mol. The number of nitrogens with zero attached hydrogens (tertiary/aromatic N) is 1. The van der Waals surface area contributed by atoms with Crippen molar-refractivity contribution >= 4 is 5.91 Å². The number of carbonyl (C=O) groups is 1. The van der Waals surface area contributed by atoms with E-state index in [9.17, 15) is 4.79 Å². The van der Waals surface area contributed by atoms with E-state index in [1.54, 1.807) is 25.1 Å². The fraction of sp³-hybridized carbons (Fsp3) is 0.435. The summed E-state index contributed by atoms with van der Waals surface area (Å²) in [6.45, 7) is 6.12. The molecule has 1 fully saturated rings. The lowest BCUT2D eigenvalue weighted by atomic mass is 9.98. The van der Waals surface area contributed by atoms with Crippen LogP contribution in [0.2, 0.25) is 0 Å². The largest absolute Gasteiger partial charge is 0.493 e. The van der Waals surface area contributed by atoms with Crippen LogP contribution >= 0.6 is 0 Å². The molecule has 0 bridgehead atoms. The molecule has 1 saturated heterocycles. The van der Waals surface area contributed by atoms with Crippen molar-refractivity contribution in [2.75, 3.05) is 26.5 Å². The van der Waals surface area contributed by atoms with Crippen LogP contribution in [-0.4, -0.2) is 43.4 Å². The molecule has 1 amide bonds. The summed E-state index contributed by atoms with van der Waals surface area (Å²) < 4.78 is 22.6. The van der Waals surface area contributed by atoms with E-state index in [1.807, 2.05) is 36.1 Å². The molecule has 0 radical (unpaired) electrons. The van der Waals surface area contributed by atoms with Crippen molar-refractivity contribution in [2.24, 2.45) is 5.92 Å². The maximum absolute atomic E-state index is 12.9. The summed E-state index contributed by atoms with van der Waals surface area (Å²) in [5.74, 6) is 3.19. The Morgan fingerprint density at radius 3 is 2.90 bits per heavy atom. The zero-order valence-electron chi connectivity index (χ0n) is 16.9. The highest BCUT2D eigenvalue weighted by atomic mass is 16.7. The van der Waals surface area contributed by atoms with Crippen LogP contribution in [0.4, 0.5) is 0 Å². The molecule has 0 aromatic heterocycles. The van der Waals surface area contributed by atoms with Crippen molar-refractivity contribution in [3.8, 4) is 23.0 Å². The van der Waals surface area contributed by atoms with Crippen LogP contribution in [0.3, 0.4) is 0 Å². The Kier molecular flexibility index (Phi) is 5.79. The SMILES string of the molecule is Cc1ccccc1OC[C@@H]1CCCN(C(=O)[C@H](C)Oc2ccc3c(c2)OCO3)C1. The van der Waals surface area contributed by atoms with E-state index < -0.39 is 6.10 Å². The topological polar surface area (TPSA) is 57.2 Å². The maximum Gasteiger partial charge on any atom is 0.263 e. The number of hydrogen-bond donors (Lipinski definition) is 0. The average Bonchev–Trinajstić information content (AvgIpc) is 3.20. The smallest absolute Gasteiger partial charge is 0.263 e. The first-order chi connectivity index (χ1) is 14.1. The molecule has 6 nitrogen and oxygen atoms in total. The van der Waals surface area contributed by atoms with E-state index in [-0.39, 0.29) is 12.7 Å². The van der Waals surface area contributed by atoms with Gasteiger partial charge in [-0.3, -0.25) is 4.79 Å². The van der Waals surface area contributed by atoms with Gasteiger partial charge >= 0.3 is 0 Å². The standard InChI is InChI=1S/C23H27NO5/c1-16-6-3-4-8-20(16)26-14-18-7-5-11-24(13-18)23(25)17(2)29-19-9-10-21-22(12-19)28-15-27-21/h3-4,6,8-10,12,17-18H,5,7,11,13-15H2,1-2H3/t17-,18+/m0/s1. The minimum absolute atomic E-state index is 0.00302. The quantitative estimate of drug-likeness (QED) is 0.742. The molecule has 0 unspecified atom stereocenters. The number of para-hydroxylation sites is 1. The molecular formula is C23H27NO5. The number of aryl methyl sites for hydroxylation is 1. The van der Waals surface area contributed by atoms with Crippen molar-refractivity contribution in [2.45, 2.75) is 32.8 Å². The Morgan fingerprint density at radius 1 is 1.21 bits per heavy atom. The normalized spacial score (nSPS) is 19.0. The summed E-state index contributed by atoms with van der Waals surface area (Å²) >= 11 is 0. The molecule has 4 rings (SSSR count). The third kappa shape index (κ3) is 4.58. The van der Waals surface area contributed by atoms with Crippen molar-refractivity contribution in [3.05, 3.63) is 48.0 Å². The van der Waals surface area contributed by atoms with E-state index >= 15 is 0 Å². The highest BCUT2D eigenvalue weighted by Crippen LogP contribution is 2.35. The van der Waals surface area contributed by atoms with Crippen molar-refractivity contribution in [1.82, 2.24) is 4.90 Å². The molecule has 0 aliphatic carbocycles. The lowest BCUT2D eigenvalue weighted by Crippen LogP contribution is -2.46. The van der Waals surface area contributed by atoms with Crippen LogP contribution in [0.5, 0.6) is 23.0 Å². The summed E-state index contributed by atoms with van der Waals surface area (Å²) in [5, 5.41) is 0. The Morgan fingerprint density at radius 2 is 2.03 bits per heavy atom. The molecule has 2 heterocycles. The number of fused-ring (bicyclic) bond motifs is 1. The first kappa shape index (κ1) is 19.4. The number of benzene rings is 2. The molecule has 0 spiro atoms. The molecule has 154 valence electrons. The van der Waals surface area contributed by atoms with Crippen LogP contribution in [0.15, 0.2) is 42.5 Å². The second kappa shape index (κ2) is 8.64. The molecule has 2 atom stereocenters. The molecule has 2 aromatic carbocycles. The molecule has 29 heavy (non-hydrogen) atoms. The van der Waals surface area contributed by atoms with Gasteiger partial charge in [0.25, 0.3) is 5.91 Å². The third-order valence-corrected chi connectivity index (χ3v) is 5.40. The summed E-state index contributed by atoms with van der Waals surface area (Å²) in [6.07, 6.45) is 1.48. The van der Waals surface area contributed by atoms with Gasteiger partial charge in [-0.1, -0.05) is 18.2 Å². The van der Waals surface area contributed by atoms with Gasteiger partial charge in [-0.15, -0.1) is 0 Å². The van der Waals surface area contributed by atoms with E-state index in [4.69, 9.17) is 18.9 Å². The van der Waals surface area contributed by atoms with Gasteiger partial charge in [-0.05, 0) is 50.5 Å². The van der Waals surface area contributed by atoms with Crippen LogP contribution in [0.25, 0.3) is 0 Å². The van der Waals surface area contributed by atoms with Crippen LogP contribution in [-0.2, 0) is 4.79 Å². The Bertz CT molecular complexity index is 868. The van der Waals surface area contributed by atoms with Crippen molar-refractivity contribution < 1.29 is 23.7 Å². The maximum atomic E-state index is 12.9. The van der Waals surface area contributed by atoms with Gasteiger partial charge in [0.15, 0.2) is 17.6 Å². The van der Waals surface area contributed by atoms with E-state index in [0.29, 0.717) is 36.3 Å². The number of ether oxygens (including phenoxy) is 4. The molecule has 0 saturated carbocycles. The number of piperidine rings is 1. The van der Waals surface area contributed by atoms with Gasteiger partial charge < -0.3 is 23.8 Å². The third-order valence-electron chi connectivity index (χ3n) is 5.40. The summed E-state index contributed by atoms with van der Waals surface area (Å²) in [4.78, 5) is 14.8. The monoisotopic (exact) mass is 397 g/mol. The van der Waals surface area contributed by atoms with Gasteiger partial charge in [0.05, 0.1) is 6.61 Å². The van der Waals surface area contributed by atoms with Gasteiger partial charge in [0, 0.05) is 25.1 Å². The lowest BCUT2D eigenvalue weighted by molar-refractivity contribution is -0.140. The summed E-state index contributed by atoms with van der Waals surface area (Å²) in [5.41, 5.74) is 1.13. The zero-order chi connectivity index (χ0) is 20.2. The Balaban J connectivity index is 1.31. The molecule has 2 aliphatic rings. The van der Waals surface area contributed by atoms with Crippen LogP contribution in [0, 0.1) is 12.8 Å². The van der Waals surface area contributed by atoms with Gasteiger partial charge in [-0.25, -0.2) is 0 Å². The predicted octanol–water partition coefficient (Wildman–Crippen LogP) is 3.81. The first-order valence-corrected chi connectivity index (χ1v) is 10.1. The highest BCUT2D eigenvalue weighted by molar-refractivity contribution is 5.81. The van der Waals surface area contributed by atoms with Crippen molar-refractivity contribution in [3.63, 3.8) is 0 Å². The lowest BCUT2D eigenvalue weighted by Gasteiger charge is -2.34. The molecule has 2 aliphatic heterocycles. The second-order valence-corrected chi connectivity index (χ2v) is 7.64. The number of rotatable bonds is 6.